The van der Waals surface area contributed by atoms with Crippen LogP contribution in [0.1, 0.15) is 519 Å². The fraction of sp³-hybridized carbons (Fsp3) is 1.00. The first-order valence-electron chi connectivity index (χ1n) is 55.6. The molecule has 0 atom stereocenters. The molecule has 6 fully saturated rings. The van der Waals surface area contributed by atoms with Crippen molar-refractivity contribution < 1.29 is 19.3 Å². The average Bonchev–Trinajstić information content (AvgIpc) is 0.799. The molecule has 6 aliphatic rings. The Morgan fingerprint density at radius 3 is 0.758 bits per heavy atom. The quantitative estimate of drug-likeness (QED) is 0.0594. The summed E-state index contributed by atoms with van der Waals surface area (Å²) in [6, 6.07) is 0. The van der Waals surface area contributed by atoms with Crippen molar-refractivity contribution in [3.63, 3.8) is 0 Å². The molecule has 0 spiro atoms. The molecule has 0 aromatic heterocycles. The number of nitrogens with zero attached hydrogens (tertiary/aromatic N) is 7. The van der Waals surface area contributed by atoms with Gasteiger partial charge in [-0.2, -0.15) is 0 Å². The molecular weight excluding hydrogens is 1570 g/mol. The molecule has 11 nitrogen and oxygen atoms in total. The van der Waals surface area contributed by atoms with Gasteiger partial charge in [0, 0.05) is 84.1 Å². The molecule has 0 bridgehead atoms. The predicted octanol–water partition coefficient (Wildman–Crippen LogP) is 32.1. The van der Waals surface area contributed by atoms with Gasteiger partial charge < -0.3 is 48.7 Å². The SMILES string of the molecule is CC(C)(C)CCCCCCCN1CCC(C(C)(C)C)CC1.CC(C)(C)CCCCCCCN1CCC(CC(C)(C)C)CC1.CC(C)(C)CCCCCCCN1CCC(O)(C(C)(C)C)CC1.CC(C)(C)CCCCCCCN1CCC(OC(C)(C)C)CC1.CC(C)(C)CCCCCCCN1CCN(C(C)(C)C)CC1.CC(C)(C)CCOCCN1CCC(OC(C)(C)C)CC1. The van der Waals surface area contributed by atoms with Crippen LogP contribution in [-0.2, 0) is 14.2 Å². The third-order valence-electron chi connectivity index (χ3n) is 28.5. The minimum absolute atomic E-state index is 0.00610. The zero-order valence-electron chi connectivity index (χ0n) is 94.9. The number of hydrogen-bond acceptors (Lipinski definition) is 11. The Bertz CT molecular complexity index is 2440. The first kappa shape index (κ1) is 126. The predicted molar refractivity (Wildman–Crippen MR) is 571 cm³/mol. The molecule has 0 saturated carbocycles. The van der Waals surface area contributed by atoms with E-state index in [0.29, 0.717) is 61.1 Å². The van der Waals surface area contributed by atoms with Crippen LogP contribution in [0.5, 0.6) is 0 Å². The molecular formula is C117H241N7O4. The van der Waals surface area contributed by atoms with Crippen LogP contribution in [-0.4, -0.2) is 218 Å². The second-order valence-electron chi connectivity index (χ2n) is 56.0. The molecule has 0 unspecified atom stereocenters. The van der Waals surface area contributed by atoms with E-state index in [2.05, 4.69) is 284 Å². The summed E-state index contributed by atoms with van der Waals surface area (Å²) in [5.74, 6) is 1.92. The second-order valence-corrected chi connectivity index (χ2v) is 56.0. The maximum absolute atomic E-state index is 10.7. The van der Waals surface area contributed by atoms with Crippen molar-refractivity contribution in [2.75, 3.05) is 144 Å². The summed E-state index contributed by atoms with van der Waals surface area (Å²) >= 11 is 0. The molecule has 6 rings (SSSR count). The largest absolute Gasteiger partial charge is 0.389 e. The van der Waals surface area contributed by atoms with Crippen molar-refractivity contribution in [3.05, 3.63) is 0 Å². The number of unbranched alkanes of at least 4 members (excludes halogenated alkanes) is 20. The standard InChI is InChI=1S/C21H43N.2C20H41NO.C20H41N.C19H40N2.C17H35NO2/c1-20(2,3)14-10-8-7-9-11-15-22-16-12-19(13-17-22)18-21(4,5)6;1-19(2,3)14-10-8-7-9-11-15-21-16-12-18(13-17-21)22-20(4,5)6;1-18(2,3)12-10-8-7-9-11-15-21-16-13-20(22,14-17-21)19(4,5)6;1-19(2,3)14-10-8-7-9-11-15-21-16-12-18(13-17-21)20(4,5)6;1-18(2,3)12-10-8-7-9-11-13-20-14-16-21(17-15-20)19(4,5)6;1-16(2,3)9-13-19-14-12-18-10-7-15(8-11-18)20-17(4,5)6/h19H,7-18H2,1-6H3;18H,7-17H2,1-6H3;22H,7-17H2,1-6H3;18H,7-17H2,1-6H3;7-17H2,1-6H3;15H,7-14H2,1-6H3. The summed E-state index contributed by atoms with van der Waals surface area (Å²) in [7, 11) is 0. The Morgan fingerprint density at radius 1 is 0.250 bits per heavy atom. The molecule has 0 aromatic rings. The van der Waals surface area contributed by atoms with Crippen LogP contribution < -0.4 is 0 Å². The van der Waals surface area contributed by atoms with Gasteiger partial charge >= 0.3 is 0 Å². The number of likely N-dealkylation sites (tertiary alicyclic amines) is 5. The van der Waals surface area contributed by atoms with E-state index in [4.69, 9.17) is 14.2 Å². The molecule has 11 heteroatoms. The number of piperidine rings is 5. The highest BCUT2D eigenvalue weighted by Crippen LogP contribution is 2.40. The molecule has 6 heterocycles. The van der Waals surface area contributed by atoms with Crippen molar-refractivity contribution in [1.82, 2.24) is 34.3 Å². The van der Waals surface area contributed by atoms with Gasteiger partial charge in [0.15, 0.2) is 0 Å². The van der Waals surface area contributed by atoms with Gasteiger partial charge in [-0.05, 0) is 323 Å². The van der Waals surface area contributed by atoms with Crippen LogP contribution >= 0.6 is 0 Å². The van der Waals surface area contributed by atoms with Crippen LogP contribution in [0.4, 0.5) is 0 Å². The molecule has 6 saturated heterocycles. The minimum atomic E-state index is -0.462. The van der Waals surface area contributed by atoms with Crippen molar-refractivity contribution in [1.29, 1.82) is 0 Å². The summed E-state index contributed by atoms with van der Waals surface area (Å²) in [4.78, 5) is 18.4. The summed E-state index contributed by atoms with van der Waals surface area (Å²) in [6.45, 7) is 109. The fourth-order valence-electron chi connectivity index (χ4n) is 19.6. The Labute approximate surface area is 807 Å². The van der Waals surface area contributed by atoms with Gasteiger partial charge in [0.2, 0.25) is 0 Å². The Hall–Kier alpha value is -0.440. The lowest BCUT2D eigenvalue weighted by Crippen LogP contribution is -2.53. The lowest BCUT2D eigenvalue weighted by molar-refractivity contribution is -0.0988. The van der Waals surface area contributed by atoms with Crippen LogP contribution in [0, 0.1) is 60.6 Å². The Kier molecular flexibility index (Phi) is 62.1. The first-order valence-corrected chi connectivity index (χ1v) is 55.6. The summed E-state index contributed by atoms with van der Waals surface area (Å²) < 4.78 is 17.9. The van der Waals surface area contributed by atoms with E-state index in [1.165, 1.54) is 336 Å². The number of rotatable bonds is 43. The van der Waals surface area contributed by atoms with Crippen molar-refractivity contribution >= 4 is 0 Å². The lowest BCUT2D eigenvalue weighted by atomic mass is 9.71. The van der Waals surface area contributed by atoms with E-state index in [0.717, 1.165) is 89.9 Å². The minimum Gasteiger partial charge on any atom is -0.389 e. The zero-order chi connectivity index (χ0) is 97.2. The summed E-state index contributed by atoms with van der Waals surface area (Å²) in [6.07, 6.45) is 57.8. The average molecular weight is 1810 g/mol. The lowest BCUT2D eigenvalue weighted by Gasteiger charge is -2.46. The Morgan fingerprint density at radius 2 is 0.500 bits per heavy atom. The van der Waals surface area contributed by atoms with Gasteiger partial charge in [-0.15, -0.1) is 0 Å². The summed E-state index contributed by atoms with van der Waals surface area (Å²) in [5.41, 5.74) is 3.88. The third kappa shape index (κ3) is 74.6. The maximum Gasteiger partial charge on any atom is 0.0720 e. The van der Waals surface area contributed by atoms with E-state index >= 15 is 0 Å². The molecule has 128 heavy (non-hydrogen) atoms. The maximum atomic E-state index is 10.7. The van der Waals surface area contributed by atoms with Crippen molar-refractivity contribution in [2.24, 2.45) is 60.6 Å². The Balaban J connectivity index is 0.000000768. The van der Waals surface area contributed by atoms with Crippen LogP contribution in [0.2, 0.25) is 0 Å². The monoisotopic (exact) mass is 1810 g/mol. The zero-order valence-corrected chi connectivity index (χ0v) is 94.9. The topological polar surface area (TPSA) is 70.6 Å². The molecule has 768 valence electrons. The first-order chi connectivity index (χ1) is 58.9. The number of ether oxygens (including phenoxy) is 3. The van der Waals surface area contributed by atoms with Gasteiger partial charge in [-0.25, -0.2) is 0 Å². The molecule has 0 aromatic carbocycles. The van der Waals surface area contributed by atoms with Gasteiger partial charge in [0.1, 0.15) is 0 Å². The molecule has 6 aliphatic heterocycles. The van der Waals surface area contributed by atoms with Crippen molar-refractivity contribution in [2.45, 2.75) is 553 Å². The van der Waals surface area contributed by atoms with Gasteiger partial charge in [0.05, 0.1) is 35.6 Å². The second kappa shape index (κ2) is 63.3. The van der Waals surface area contributed by atoms with Crippen LogP contribution in [0.15, 0.2) is 0 Å². The van der Waals surface area contributed by atoms with E-state index in [-0.39, 0.29) is 16.6 Å². The van der Waals surface area contributed by atoms with Crippen molar-refractivity contribution in [3.8, 4) is 0 Å². The van der Waals surface area contributed by atoms with Gasteiger partial charge in [0.25, 0.3) is 0 Å². The van der Waals surface area contributed by atoms with Gasteiger partial charge in [-0.1, -0.05) is 315 Å². The number of hydrogen-bond donors (Lipinski definition) is 1. The molecule has 0 amide bonds. The van der Waals surface area contributed by atoms with E-state index in [9.17, 15) is 5.11 Å². The van der Waals surface area contributed by atoms with Crippen LogP contribution in [0.3, 0.4) is 0 Å². The highest BCUT2D eigenvalue weighted by Gasteiger charge is 2.42. The fourth-order valence-corrected chi connectivity index (χ4v) is 19.6. The molecule has 0 aliphatic carbocycles. The van der Waals surface area contributed by atoms with E-state index in [1.807, 2.05) is 0 Å². The number of aliphatic hydroxyl groups is 1. The highest BCUT2D eigenvalue weighted by molar-refractivity contribution is 4.95. The third-order valence-corrected chi connectivity index (χ3v) is 28.5. The van der Waals surface area contributed by atoms with Gasteiger partial charge in [-0.3, -0.25) is 4.90 Å². The van der Waals surface area contributed by atoms with E-state index in [1.54, 1.807) is 0 Å². The normalized spacial score (nSPS) is 19.3. The summed E-state index contributed by atoms with van der Waals surface area (Å²) in [5, 5.41) is 10.7. The van der Waals surface area contributed by atoms with Crippen LogP contribution in [0.25, 0.3) is 0 Å². The smallest absolute Gasteiger partial charge is 0.0720 e. The molecule has 1 N–H and O–H groups in total. The number of piperazine rings is 1. The van der Waals surface area contributed by atoms with E-state index < -0.39 is 5.60 Å². The highest BCUT2D eigenvalue weighted by atomic mass is 16.5. The molecule has 0 radical (unpaired) electrons.